The van der Waals surface area contributed by atoms with Crippen LogP contribution in [0.5, 0.6) is 0 Å². The van der Waals surface area contributed by atoms with Gasteiger partial charge < -0.3 is 10.1 Å². The van der Waals surface area contributed by atoms with Crippen LogP contribution in [-0.4, -0.2) is 12.6 Å². The number of hydrogen-bond donors (Lipinski definition) is 1. The summed E-state index contributed by atoms with van der Waals surface area (Å²) in [5.74, 6) is -0.410. The zero-order valence-corrected chi connectivity index (χ0v) is 8.57. The molecule has 0 aliphatic carbocycles. The zero-order chi connectivity index (χ0) is 11.8. The van der Waals surface area contributed by atoms with Crippen molar-refractivity contribution in [3.05, 3.63) is 35.6 Å². The van der Waals surface area contributed by atoms with Gasteiger partial charge in [0, 0.05) is 12.1 Å². The van der Waals surface area contributed by atoms with E-state index >= 15 is 0 Å². The van der Waals surface area contributed by atoms with Crippen molar-refractivity contribution in [1.82, 2.24) is 5.32 Å². The highest BCUT2D eigenvalue weighted by molar-refractivity contribution is 5.67. The van der Waals surface area contributed by atoms with E-state index in [1.54, 1.807) is 12.1 Å². The van der Waals surface area contributed by atoms with Crippen molar-refractivity contribution >= 4 is 6.09 Å². The van der Waals surface area contributed by atoms with Crippen molar-refractivity contribution in [2.45, 2.75) is 13.0 Å². The van der Waals surface area contributed by atoms with E-state index in [1.165, 1.54) is 12.1 Å². The van der Waals surface area contributed by atoms with E-state index < -0.39 is 11.9 Å². The van der Waals surface area contributed by atoms with Gasteiger partial charge in [-0.3, -0.25) is 0 Å². The molecule has 0 atom stereocenters. The van der Waals surface area contributed by atoms with Gasteiger partial charge >= 0.3 is 6.09 Å². The fraction of sp³-hybridized carbons (Fsp3) is 0.273. The number of nitrogens with zero attached hydrogens (tertiary/aromatic N) is 1. The van der Waals surface area contributed by atoms with Crippen LogP contribution in [0.3, 0.4) is 0 Å². The van der Waals surface area contributed by atoms with Crippen molar-refractivity contribution < 1.29 is 13.9 Å². The smallest absolute Gasteiger partial charge is 0.407 e. The summed E-state index contributed by atoms with van der Waals surface area (Å²) in [6.45, 7) is 0.109. The minimum Gasteiger partial charge on any atom is -0.445 e. The Bertz CT molecular complexity index is 401. The summed E-state index contributed by atoms with van der Waals surface area (Å²) in [6.07, 6.45) is -0.437. The average molecular weight is 222 g/mol. The van der Waals surface area contributed by atoms with Crippen molar-refractivity contribution in [1.29, 1.82) is 5.26 Å². The number of amides is 1. The van der Waals surface area contributed by atoms with Gasteiger partial charge in [-0.15, -0.1) is 0 Å². The van der Waals surface area contributed by atoms with Crippen LogP contribution in [-0.2, 0) is 11.3 Å². The van der Waals surface area contributed by atoms with Crippen LogP contribution >= 0.6 is 0 Å². The quantitative estimate of drug-likeness (QED) is 0.792. The number of alkyl carbamates (subject to hydrolysis) is 1. The Morgan fingerprint density at radius 2 is 2.25 bits per heavy atom. The van der Waals surface area contributed by atoms with Gasteiger partial charge in [-0.05, 0) is 6.07 Å². The van der Waals surface area contributed by atoms with E-state index in [1.807, 2.05) is 6.07 Å². The average Bonchev–Trinajstić information content (AvgIpc) is 2.28. The monoisotopic (exact) mass is 222 g/mol. The predicted octanol–water partition coefficient (Wildman–Crippen LogP) is 1.97. The molecule has 1 rings (SSSR count). The number of halogens is 1. The lowest BCUT2D eigenvalue weighted by Gasteiger charge is -2.06. The van der Waals surface area contributed by atoms with Gasteiger partial charge in [0.05, 0.1) is 12.5 Å². The van der Waals surface area contributed by atoms with Gasteiger partial charge in [0.15, 0.2) is 0 Å². The Morgan fingerprint density at radius 3 is 2.94 bits per heavy atom. The molecule has 0 saturated heterocycles. The Morgan fingerprint density at radius 1 is 1.50 bits per heavy atom. The Labute approximate surface area is 92.6 Å². The maximum Gasteiger partial charge on any atom is 0.407 e. The summed E-state index contributed by atoms with van der Waals surface area (Å²) in [4.78, 5) is 11.0. The second kappa shape index (κ2) is 6.40. The Kier molecular flexibility index (Phi) is 4.80. The van der Waals surface area contributed by atoms with E-state index in [9.17, 15) is 9.18 Å². The standard InChI is InChI=1S/C11H11FN2O2/c12-10-5-2-1-4-9(10)8-16-11(15)14-7-3-6-13/h1-2,4-5H,3,7-8H2,(H,14,15). The summed E-state index contributed by atoms with van der Waals surface area (Å²) >= 11 is 0. The molecule has 0 aromatic heterocycles. The molecule has 16 heavy (non-hydrogen) atoms. The van der Waals surface area contributed by atoms with E-state index in [0.29, 0.717) is 5.56 Å². The Balaban J connectivity index is 2.32. The Hall–Kier alpha value is -2.09. The molecule has 1 aromatic carbocycles. The van der Waals surface area contributed by atoms with Crippen LogP contribution in [0.1, 0.15) is 12.0 Å². The summed E-state index contributed by atoms with van der Waals surface area (Å²) < 4.78 is 17.8. The highest BCUT2D eigenvalue weighted by Crippen LogP contribution is 2.07. The van der Waals surface area contributed by atoms with Gasteiger partial charge in [-0.1, -0.05) is 18.2 Å². The first-order chi connectivity index (χ1) is 7.74. The van der Waals surface area contributed by atoms with Crippen LogP contribution < -0.4 is 5.32 Å². The molecule has 0 bridgehead atoms. The van der Waals surface area contributed by atoms with Gasteiger partial charge in [-0.2, -0.15) is 5.26 Å². The highest BCUT2D eigenvalue weighted by Gasteiger charge is 2.04. The van der Waals surface area contributed by atoms with E-state index in [2.05, 4.69) is 5.32 Å². The molecular formula is C11H11FN2O2. The van der Waals surface area contributed by atoms with Crippen molar-refractivity contribution in [3.63, 3.8) is 0 Å². The van der Waals surface area contributed by atoms with E-state index in [0.717, 1.165) is 0 Å². The third-order valence-corrected chi connectivity index (χ3v) is 1.82. The number of rotatable bonds is 4. The molecule has 1 aromatic rings. The highest BCUT2D eigenvalue weighted by atomic mass is 19.1. The largest absolute Gasteiger partial charge is 0.445 e. The molecule has 0 unspecified atom stereocenters. The molecule has 5 heteroatoms. The molecule has 0 heterocycles. The van der Waals surface area contributed by atoms with Crippen LogP contribution in [0.2, 0.25) is 0 Å². The summed E-state index contributed by atoms with van der Waals surface area (Å²) in [6, 6.07) is 7.94. The molecule has 1 N–H and O–H groups in total. The maximum atomic E-state index is 13.1. The van der Waals surface area contributed by atoms with Gasteiger partial charge in [0.1, 0.15) is 12.4 Å². The molecule has 0 fully saturated rings. The molecule has 0 aliphatic heterocycles. The van der Waals surface area contributed by atoms with Crippen LogP contribution in [0.4, 0.5) is 9.18 Å². The van der Waals surface area contributed by atoms with Crippen molar-refractivity contribution in [2.24, 2.45) is 0 Å². The molecule has 0 radical (unpaired) electrons. The number of nitriles is 1. The SMILES string of the molecule is N#CCCNC(=O)OCc1ccccc1F. The minimum atomic E-state index is -0.654. The molecule has 1 amide bonds. The first-order valence-corrected chi connectivity index (χ1v) is 4.75. The van der Waals surface area contributed by atoms with E-state index in [-0.39, 0.29) is 19.6 Å². The third-order valence-electron chi connectivity index (χ3n) is 1.82. The molecule has 0 aliphatic rings. The summed E-state index contributed by atoms with van der Waals surface area (Å²) in [5.41, 5.74) is 0.318. The lowest BCUT2D eigenvalue weighted by molar-refractivity contribution is 0.138. The normalized spacial score (nSPS) is 9.25. The van der Waals surface area contributed by atoms with E-state index in [4.69, 9.17) is 10.00 Å². The van der Waals surface area contributed by atoms with Gasteiger partial charge in [0.25, 0.3) is 0 Å². The molecular weight excluding hydrogens is 211 g/mol. The number of nitrogens with one attached hydrogen (secondary N) is 1. The molecule has 0 spiro atoms. The number of carbonyl (C=O) groups is 1. The number of benzene rings is 1. The topological polar surface area (TPSA) is 62.1 Å². The fourth-order valence-electron chi connectivity index (χ4n) is 1.03. The van der Waals surface area contributed by atoms with Crippen LogP contribution in [0, 0.1) is 17.1 Å². The summed E-state index contributed by atoms with van der Waals surface area (Å²) in [5, 5.41) is 10.6. The first kappa shape index (κ1) is 12.0. The fourth-order valence-corrected chi connectivity index (χ4v) is 1.03. The van der Waals surface area contributed by atoms with Gasteiger partial charge in [0.2, 0.25) is 0 Å². The van der Waals surface area contributed by atoms with Crippen molar-refractivity contribution in [3.8, 4) is 6.07 Å². The van der Waals surface area contributed by atoms with Gasteiger partial charge in [-0.25, -0.2) is 9.18 Å². The predicted molar refractivity (Wildman–Crippen MR) is 54.8 cm³/mol. The van der Waals surface area contributed by atoms with Crippen LogP contribution in [0.25, 0.3) is 0 Å². The molecule has 0 saturated carbocycles. The number of hydrogen-bond acceptors (Lipinski definition) is 3. The second-order valence-electron chi connectivity index (χ2n) is 3.00. The molecule has 4 nitrogen and oxygen atoms in total. The minimum absolute atomic E-state index is 0.120. The zero-order valence-electron chi connectivity index (χ0n) is 8.57. The number of carbonyl (C=O) groups excluding carboxylic acids is 1. The first-order valence-electron chi connectivity index (χ1n) is 4.75. The third kappa shape index (κ3) is 3.96. The molecule has 84 valence electrons. The lowest BCUT2D eigenvalue weighted by Crippen LogP contribution is -2.25. The lowest BCUT2D eigenvalue weighted by atomic mass is 10.2. The summed E-state index contributed by atoms with van der Waals surface area (Å²) in [7, 11) is 0. The van der Waals surface area contributed by atoms with Crippen LogP contribution in [0.15, 0.2) is 24.3 Å². The maximum absolute atomic E-state index is 13.1. The number of ether oxygens (including phenoxy) is 1. The van der Waals surface area contributed by atoms with Crippen molar-refractivity contribution in [2.75, 3.05) is 6.54 Å². The second-order valence-corrected chi connectivity index (χ2v) is 3.00.